The Morgan fingerprint density at radius 2 is 2.05 bits per heavy atom. The first-order valence-electron chi connectivity index (χ1n) is 5.78. The maximum atomic E-state index is 11.6. The van der Waals surface area contributed by atoms with Crippen molar-refractivity contribution in [1.82, 2.24) is 5.32 Å². The summed E-state index contributed by atoms with van der Waals surface area (Å²) in [6, 6.07) is 1.94. The molecule has 0 bridgehead atoms. The maximum absolute atomic E-state index is 11.6. The van der Waals surface area contributed by atoms with Crippen LogP contribution in [0.3, 0.4) is 0 Å². The van der Waals surface area contributed by atoms with E-state index in [9.17, 15) is 23.3 Å². The first-order valence-corrected chi connectivity index (χ1v) is 7.32. The highest BCUT2D eigenvalue weighted by atomic mass is 32.2. The fourth-order valence-electron chi connectivity index (χ4n) is 1.62. The average Bonchev–Trinajstić information content (AvgIpc) is 2.37. The van der Waals surface area contributed by atoms with Gasteiger partial charge in [0.2, 0.25) is 10.0 Å². The van der Waals surface area contributed by atoms with Crippen LogP contribution in [0.15, 0.2) is 17.0 Å². The highest BCUT2D eigenvalue weighted by molar-refractivity contribution is 7.89. The Bertz CT molecular complexity index is 685. The lowest BCUT2D eigenvalue weighted by atomic mass is 10.2. The first kappa shape index (κ1) is 16.9. The van der Waals surface area contributed by atoms with Gasteiger partial charge in [0.15, 0.2) is 6.10 Å². The van der Waals surface area contributed by atoms with Crippen LogP contribution < -0.4 is 15.2 Å². The molecule has 116 valence electrons. The SMILES string of the molecule is CNC(=O)C(C)Oc1c(C)cc([N+](=O)[O-])cc1S(N)(=O)=O. The zero-order chi connectivity index (χ0) is 16.4. The van der Waals surface area contributed by atoms with E-state index < -0.39 is 37.5 Å². The van der Waals surface area contributed by atoms with E-state index in [0.717, 1.165) is 12.1 Å². The summed E-state index contributed by atoms with van der Waals surface area (Å²) >= 11 is 0. The van der Waals surface area contributed by atoms with Gasteiger partial charge in [0.05, 0.1) is 4.92 Å². The van der Waals surface area contributed by atoms with E-state index >= 15 is 0 Å². The summed E-state index contributed by atoms with van der Waals surface area (Å²) in [7, 11) is -2.86. The molecule has 0 aliphatic heterocycles. The average molecular weight is 317 g/mol. The first-order chi connectivity index (χ1) is 9.57. The number of carbonyl (C=O) groups is 1. The Labute approximate surface area is 121 Å². The van der Waals surface area contributed by atoms with Crippen molar-refractivity contribution in [2.24, 2.45) is 5.14 Å². The molecule has 0 heterocycles. The van der Waals surface area contributed by atoms with E-state index in [-0.39, 0.29) is 11.3 Å². The predicted octanol–water partition coefficient (Wildman–Crippen LogP) is 0.0639. The number of sulfonamides is 1. The Balaban J connectivity index is 3.44. The summed E-state index contributed by atoms with van der Waals surface area (Å²) in [5, 5.41) is 18.2. The number of primary sulfonamides is 1. The van der Waals surface area contributed by atoms with Crippen LogP contribution in [-0.4, -0.2) is 32.4 Å². The molecule has 3 N–H and O–H groups in total. The Morgan fingerprint density at radius 1 is 1.48 bits per heavy atom. The minimum Gasteiger partial charge on any atom is -0.479 e. The summed E-state index contributed by atoms with van der Waals surface area (Å²) in [5.74, 6) is -0.660. The molecule has 1 amide bonds. The predicted molar refractivity (Wildman–Crippen MR) is 73.4 cm³/mol. The van der Waals surface area contributed by atoms with Crippen molar-refractivity contribution in [3.63, 3.8) is 0 Å². The van der Waals surface area contributed by atoms with Gasteiger partial charge in [-0.15, -0.1) is 0 Å². The van der Waals surface area contributed by atoms with Gasteiger partial charge in [-0.1, -0.05) is 0 Å². The van der Waals surface area contributed by atoms with E-state index in [1.807, 2.05) is 0 Å². The van der Waals surface area contributed by atoms with Crippen molar-refractivity contribution < 1.29 is 22.9 Å². The van der Waals surface area contributed by atoms with Gasteiger partial charge in [0.25, 0.3) is 11.6 Å². The molecule has 1 unspecified atom stereocenters. The number of hydrogen-bond acceptors (Lipinski definition) is 6. The number of nitrogens with zero attached hydrogens (tertiary/aromatic N) is 1. The molecular weight excluding hydrogens is 302 g/mol. The number of ether oxygens (including phenoxy) is 1. The van der Waals surface area contributed by atoms with Gasteiger partial charge in [-0.05, 0) is 19.4 Å². The quantitative estimate of drug-likeness (QED) is 0.581. The molecule has 0 spiro atoms. The Kier molecular flexibility index (Phi) is 4.86. The molecule has 1 aromatic rings. The van der Waals surface area contributed by atoms with Gasteiger partial charge in [-0.3, -0.25) is 14.9 Å². The number of amides is 1. The van der Waals surface area contributed by atoms with E-state index in [2.05, 4.69) is 5.32 Å². The van der Waals surface area contributed by atoms with Crippen molar-refractivity contribution in [2.45, 2.75) is 24.8 Å². The number of nitro groups is 1. The van der Waals surface area contributed by atoms with Gasteiger partial charge in [0, 0.05) is 19.2 Å². The third-order valence-corrected chi connectivity index (χ3v) is 3.57. The fraction of sp³-hybridized carbons (Fsp3) is 0.364. The second-order valence-electron chi connectivity index (χ2n) is 4.27. The van der Waals surface area contributed by atoms with Gasteiger partial charge < -0.3 is 10.1 Å². The van der Waals surface area contributed by atoms with Crippen molar-refractivity contribution in [3.05, 3.63) is 27.8 Å². The van der Waals surface area contributed by atoms with E-state index in [4.69, 9.17) is 9.88 Å². The Morgan fingerprint density at radius 3 is 2.48 bits per heavy atom. The molecule has 0 aliphatic rings. The zero-order valence-electron chi connectivity index (χ0n) is 11.6. The largest absolute Gasteiger partial charge is 0.479 e. The summed E-state index contributed by atoms with van der Waals surface area (Å²) in [6.07, 6.45) is -0.990. The van der Waals surface area contributed by atoms with Crippen LogP contribution in [-0.2, 0) is 14.8 Å². The molecule has 1 atom stereocenters. The second kappa shape index (κ2) is 6.06. The maximum Gasteiger partial charge on any atom is 0.271 e. The molecule has 0 aliphatic carbocycles. The Hall–Kier alpha value is -2.20. The van der Waals surface area contributed by atoms with E-state index in [0.29, 0.717) is 0 Å². The number of nitrogens with one attached hydrogen (secondary N) is 1. The smallest absolute Gasteiger partial charge is 0.271 e. The molecule has 10 heteroatoms. The molecule has 21 heavy (non-hydrogen) atoms. The van der Waals surface area contributed by atoms with Crippen LogP contribution in [0.2, 0.25) is 0 Å². The normalized spacial score (nSPS) is 12.6. The number of likely N-dealkylation sites (N-methyl/N-ethyl adjacent to an activating group) is 1. The molecule has 9 nitrogen and oxygen atoms in total. The van der Waals surface area contributed by atoms with Crippen LogP contribution in [0.25, 0.3) is 0 Å². The zero-order valence-corrected chi connectivity index (χ0v) is 12.4. The fourth-order valence-corrected chi connectivity index (χ4v) is 2.38. The lowest BCUT2D eigenvalue weighted by Gasteiger charge is -2.17. The highest BCUT2D eigenvalue weighted by Crippen LogP contribution is 2.32. The number of benzene rings is 1. The van der Waals surface area contributed by atoms with Crippen molar-refractivity contribution >= 4 is 21.6 Å². The summed E-state index contributed by atoms with van der Waals surface area (Å²) in [4.78, 5) is 20.9. The summed E-state index contributed by atoms with van der Waals surface area (Å²) < 4.78 is 28.4. The highest BCUT2D eigenvalue weighted by Gasteiger charge is 2.25. The molecule has 0 saturated heterocycles. The number of nitrogens with two attached hydrogens (primary N) is 1. The molecule has 1 aromatic carbocycles. The van der Waals surface area contributed by atoms with Gasteiger partial charge in [-0.2, -0.15) is 0 Å². The van der Waals surface area contributed by atoms with Crippen molar-refractivity contribution in [2.75, 3.05) is 7.05 Å². The number of hydrogen-bond donors (Lipinski definition) is 2. The standard InChI is InChI=1S/C11H15N3O6S/c1-6-4-8(14(16)17)5-9(21(12,18)19)10(6)20-7(2)11(15)13-3/h4-5,7H,1-3H3,(H,13,15)(H2,12,18,19). The minimum atomic E-state index is -4.25. The second-order valence-corrected chi connectivity index (χ2v) is 5.80. The van der Waals surface area contributed by atoms with Crippen LogP contribution in [0, 0.1) is 17.0 Å². The minimum absolute atomic E-state index is 0.181. The van der Waals surface area contributed by atoms with Gasteiger partial charge in [0.1, 0.15) is 10.6 Å². The van der Waals surface area contributed by atoms with Crippen LogP contribution in [0.1, 0.15) is 12.5 Å². The molecular formula is C11H15N3O6S. The molecule has 0 aromatic heterocycles. The van der Waals surface area contributed by atoms with Gasteiger partial charge in [-0.25, -0.2) is 13.6 Å². The summed E-state index contributed by atoms with van der Waals surface area (Å²) in [6.45, 7) is 2.83. The molecule has 0 fully saturated rings. The lowest BCUT2D eigenvalue weighted by molar-refractivity contribution is -0.385. The van der Waals surface area contributed by atoms with Crippen molar-refractivity contribution in [1.29, 1.82) is 0 Å². The molecule has 0 saturated carbocycles. The number of nitro benzene ring substituents is 1. The summed E-state index contributed by atoms with van der Waals surface area (Å²) in [5.41, 5.74) is -0.250. The number of aryl methyl sites for hydroxylation is 1. The van der Waals surface area contributed by atoms with Gasteiger partial charge >= 0.3 is 0 Å². The molecule has 0 radical (unpaired) electrons. The van der Waals surface area contributed by atoms with E-state index in [1.165, 1.54) is 20.9 Å². The molecule has 1 rings (SSSR count). The number of rotatable bonds is 5. The number of carbonyl (C=O) groups excluding carboxylic acids is 1. The van der Waals surface area contributed by atoms with Crippen molar-refractivity contribution in [3.8, 4) is 5.75 Å². The van der Waals surface area contributed by atoms with Crippen LogP contribution >= 0.6 is 0 Å². The third kappa shape index (κ3) is 3.89. The third-order valence-electron chi connectivity index (χ3n) is 2.65. The van der Waals surface area contributed by atoms with E-state index in [1.54, 1.807) is 0 Å². The lowest BCUT2D eigenvalue weighted by Crippen LogP contribution is -2.34. The van der Waals surface area contributed by atoms with Crippen LogP contribution in [0.5, 0.6) is 5.75 Å². The van der Waals surface area contributed by atoms with Crippen LogP contribution in [0.4, 0.5) is 5.69 Å². The monoisotopic (exact) mass is 317 g/mol. The topological polar surface area (TPSA) is 142 Å². The number of non-ortho nitro benzene ring substituents is 1.